The van der Waals surface area contributed by atoms with Crippen LogP contribution in [0.3, 0.4) is 0 Å². The maximum atomic E-state index is 13.1. The van der Waals surface area contributed by atoms with Gasteiger partial charge >= 0.3 is 0 Å². The molecular formula is C18H17FN4O3S. The van der Waals surface area contributed by atoms with Crippen LogP contribution >= 0.6 is 0 Å². The number of para-hydroxylation sites is 2. The molecule has 1 atom stereocenters. The fourth-order valence-electron chi connectivity index (χ4n) is 3.27. The highest BCUT2D eigenvalue weighted by atomic mass is 32.2. The van der Waals surface area contributed by atoms with Crippen LogP contribution < -0.4 is 5.43 Å². The predicted molar refractivity (Wildman–Crippen MR) is 97.4 cm³/mol. The lowest BCUT2D eigenvalue weighted by molar-refractivity contribution is -0.120. The number of rotatable bonds is 4. The molecule has 2 aromatic carbocycles. The molecule has 0 radical (unpaired) electrons. The molecule has 0 aliphatic carbocycles. The van der Waals surface area contributed by atoms with E-state index in [1.54, 1.807) is 0 Å². The minimum Gasteiger partial charge on any atom is -0.271 e. The number of nitrogens with one attached hydrogen (secondary N) is 1. The van der Waals surface area contributed by atoms with Crippen molar-refractivity contribution in [2.24, 2.45) is 0 Å². The number of imidazole rings is 1. The largest absolute Gasteiger partial charge is 0.271 e. The van der Waals surface area contributed by atoms with Gasteiger partial charge in [-0.25, -0.2) is 22.5 Å². The number of nitrogens with zero attached hydrogens (tertiary/aromatic N) is 3. The van der Waals surface area contributed by atoms with Gasteiger partial charge < -0.3 is 0 Å². The second-order valence-corrected chi connectivity index (χ2v) is 8.20. The van der Waals surface area contributed by atoms with Crippen LogP contribution in [0.2, 0.25) is 0 Å². The van der Waals surface area contributed by atoms with Gasteiger partial charge in [0.1, 0.15) is 18.2 Å². The second-order valence-electron chi connectivity index (χ2n) is 6.31. The molecule has 1 aliphatic rings. The summed E-state index contributed by atoms with van der Waals surface area (Å²) < 4.78 is 41.5. The number of fused-ring (bicyclic) bond motifs is 1. The second kappa shape index (κ2) is 6.75. The van der Waals surface area contributed by atoms with E-state index in [-0.39, 0.29) is 11.4 Å². The van der Waals surface area contributed by atoms with Crippen molar-refractivity contribution in [1.29, 1.82) is 0 Å². The normalized spacial score (nSPS) is 18.0. The average molecular weight is 388 g/mol. The van der Waals surface area contributed by atoms with Gasteiger partial charge in [-0.05, 0) is 49.2 Å². The van der Waals surface area contributed by atoms with Crippen molar-refractivity contribution >= 4 is 27.0 Å². The Bertz CT molecular complexity index is 1100. The summed E-state index contributed by atoms with van der Waals surface area (Å²) in [5.74, 6) is -0.946. The average Bonchev–Trinajstić information content (AvgIpc) is 3.30. The van der Waals surface area contributed by atoms with Gasteiger partial charge in [-0.15, -0.1) is 0 Å². The Labute approximate surface area is 155 Å². The molecule has 1 unspecified atom stereocenters. The topological polar surface area (TPSA) is 84.3 Å². The summed E-state index contributed by atoms with van der Waals surface area (Å²) >= 11 is 0. The van der Waals surface area contributed by atoms with E-state index in [0.29, 0.717) is 12.8 Å². The number of carbonyl (C=O) groups excluding carboxylic acids is 1. The molecule has 2 heterocycles. The van der Waals surface area contributed by atoms with Crippen LogP contribution in [-0.2, 0) is 14.8 Å². The zero-order valence-corrected chi connectivity index (χ0v) is 15.1. The fraction of sp³-hybridized carbons (Fsp3) is 0.222. The Morgan fingerprint density at radius 2 is 1.89 bits per heavy atom. The number of hydrogen-bond acceptors (Lipinski definition) is 4. The zero-order valence-electron chi connectivity index (χ0n) is 14.2. The number of halogens is 1. The molecule has 1 aliphatic heterocycles. The van der Waals surface area contributed by atoms with Crippen molar-refractivity contribution < 1.29 is 17.6 Å². The van der Waals surface area contributed by atoms with E-state index in [2.05, 4.69) is 10.4 Å². The molecule has 9 heteroatoms. The van der Waals surface area contributed by atoms with Crippen LogP contribution in [0, 0.1) is 5.82 Å². The van der Waals surface area contributed by atoms with Gasteiger partial charge in [0.15, 0.2) is 0 Å². The molecule has 0 spiro atoms. The summed E-state index contributed by atoms with van der Waals surface area (Å²) in [7, 11) is -3.89. The minimum atomic E-state index is -3.89. The maximum absolute atomic E-state index is 13.1. The molecule has 4 rings (SSSR count). The van der Waals surface area contributed by atoms with Gasteiger partial charge in [0.2, 0.25) is 10.0 Å². The summed E-state index contributed by atoms with van der Waals surface area (Å²) in [4.78, 5) is 16.9. The molecule has 1 N–H and O–H groups in total. The third-order valence-electron chi connectivity index (χ3n) is 4.61. The zero-order chi connectivity index (χ0) is 19.0. The van der Waals surface area contributed by atoms with E-state index in [0.717, 1.165) is 23.2 Å². The van der Waals surface area contributed by atoms with Gasteiger partial charge in [0.25, 0.3) is 5.91 Å². The third kappa shape index (κ3) is 3.19. The molecular weight excluding hydrogens is 371 g/mol. The van der Waals surface area contributed by atoms with E-state index in [1.807, 2.05) is 24.3 Å². The highest BCUT2D eigenvalue weighted by molar-refractivity contribution is 7.89. The van der Waals surface area contributed by atoms with Crippen LogP contribution in [-0.4, -0.2) is 40.9 Å². The number of carbonyl (C=O) groups is 1. The van der Waals surface area contributed by atoms with Crippen LogP contribution in [0.5, 0.6) is 0 Å². The molecule has 7 nitrogen and oxygen atoms in total. The molecule has 140 valence electrons. The SMILES string of the molecule is O=C(Nn1cnc2ccccc21)C1CCCN1S(=O)(=O)c1ccc(F)cc1. The predicted octanol–water partition coefficient (Wildman–Crippen LogP) is 2.10. The molecule has 27 heavy (non-hydrogen) atoms. The number of benzene rings is 2. The molecule has 1 fully saturated rings. The van der Waals surface area contributed by atoms with Crippen LogP contribution in [0.1, 0.15) is 12.8 Å². The molecule has 1 aromatic heterocycles. The van der Waals surface area contributed by atoms with Crippen LogP contribution in [0.15, 0.2) is 59.8 Å². The minimum absolute atomic E-state index is 0.0309. The van der Waals surface area contributed by atoms with Crippen molar-refractivity contribution in [1.82, 2.24) is 14.0 Å². The monoisotopic (exact) mass is 388 g/mol. The summed E-state index contributed by atoms with van der Waals surface area (Å²) in [6.07, 6.45) is 2.47. The van der Waals surface area contributed by atoms with Crippen LogP contribution in [0.25, 0.3) is 11.0 Å². The fourth-order valence-corrected chi connectivity index (χ4v) is 4.93. The Balaban J connectivity index is 1.59. The molecule has 1 saturated heterocycles. The van der Waals surface area contributed by atoms with Crippen molar-refractivity contribution in [3.8, 4) is 0 Å². The summed E-state index contributed by atoms with van der Waals surface area (Å²) in [6.45, 7) is 0.239. The number of hydrogen-bond donors (Lipinski definition) is 1. The van der Waals surface area contributed by atoms with Crippen molar-refractivity contribution in [3.05, 3.63) is 60.7 Å². The van der Waals surface area contributed by atoms with Gasteiger partial charge in [-0.2, -0.15) is 4.31 Å². The van der Waals surface area contributed by atoms with Gasteiger partial charge in [-0.1, -0.05) is 12.1 Å². The lowest BCUT2D eigenvalue weighted by Gasteiger charge is -2.23. The van der Waals surface area contributed by atoms with Gasteiger partial charge in [0, 0.05) is 6.54 Å². The first-order valence-electron chi connectivity index (χ1n) is 8.47. The van der Waals surface area contributed by atoms with E-state index >= 15 is 0 Å². The summed E-state index contributed by atoms with van der Waals surface area (Å²) in [5, 5.41) is 0. The lowest BCUT2D eigenvalue weighted by atomic mass is 10.2. The van der Waals surface area contributed by atoms with Gasteiger partial charge in [-0.3, -0.25) is 10.2 Å². The first-order chi connectivity index (χ1) is 13.0. The Morgan fingerprint density at radius 3 is 2.67 bits per heavy atom. The van der Waals surface area contributed by atoms with Gasteiger partial charge in [0.05, 0.1) is 15.9 Å². The maximum Gasteiger partial charge on any atom is 0.257 e. The van der Waals surface area contributed by atoms with E-state index in [4.69, 9.17) is 0 Å². The van der Waals surface area contributed by atoms with Crippen molar-refractivity contribution in [2.75, 3.05) is 12.0 Å². The molecule has 1 amide bonds. The number of sulfonamides is 1. The Kier molecular flexibility index (Phi) is 4.40. The quantitative estimate of drug-likeness (QED) is 0.742. The molecule has 0 saturated carbocycles. The summed E-state index contributed by atoms with van der Waals surface area (Å²) in [5.41, 5.74) is 4.16. The first kappa shape index (κ1) is 17.6. The Morgan fingerprint density at radius 1 is 1.15 bits per heavy atom. The highest BCUT2D eigenvalue weighted by Gasteiger charge is 2.39. The van der Waals surface area contributed by atoms with E-state index in [1.165, 1.54) is 27.4 Å². The van der Waals surface area contributed by atoms with E-state index in [9.17, 15) is 17.6 Å². The van der Waals surface area contributed by atoms with E-state index < -0.39 is 27.8 Å². The molecule has 3 aromatic rings. The third-order valence-corrected chi connectivity index (χ3v) is 6.53. The molecule has 0 bridgehead atoms. The Hall–Kier alpha value is -2.78. The number of amides is 1. The van der Waals surface area contributed by atoms with Crippen LogP contribution in [0.4, 0.5) is 4.39 Å². The highest BCUT2D eigenvalue weighted by Crippen LogP contribution is 2.26. The number of aromatic nitrogens is 2. The van der Waals surface area contributed by atoms with Crippen molar-refractivity contribution in [2.45, 2.75) is 23.8 Å². The standard InChI is InChI=1S/C18H17FN4O3S/c19-13-7-9-14(10-8-13)27(25,26)23-11-3-6-17(23)18(24)21-22-12-20-15-4-1-2-5-16(15)22/h1-2,4-5,7-10,12,17H,3,6,11H2,(H,21,24). The lowest BCUT2D eigenvalue weighted by Crippen LogP contribution is -2.44. The smallest absolute Gasteiger partial charge is 0.257 e. The summed E-state index contributed by atoms with van der Waals surface area (Å²) in [6, 6.07) is 11.1. The first-order valence-corrected chi connectivity index (χ1v) is 9.91. The van der Waals surface area contributed by atoms with Crippen molar-refractivity contribution in [3.63, 3.8) is 0 Å².